The van der Waals surface area contributed by atoms with Gasteiger partial charge in [-0.2, -0.15) is 0 Å². The van der Waals surface area contributed by atoms with E-state index in [1.807, 2.05) is 0 Å². The van der Waals surface area contributed by atoms with Crippen LogP contribution in [0.3, 0.4) is 0 Å². The Kier molecular flexibility index (Phi) is 15.9. The van der Waals surface area contributed by atoms with Gasteiger partial charge in [0, 0.05) is 21.7 Å². The van der Waals surface area contributed by atoms with Crippen LogP contribution in [0.1, 0.15) is 99.9 Å². The highest BCUT2D eigenvalue weighted by atomic mass is 14.4. The Labute approximate surface area is 703 Å². The van der Waals surface area contributed by atoms with Crippen LogP contribution < -0.4 is 0 Å². The van der Waals surface area contributed by atoms with E-state index in [1.165, 1.54) is 243 Å². The Morgan fingerprint density at radius 3 is 0.867 bits per heavy atom. The summed E-state index contributed by atoms with van der Waals surface area (Å²) in [6.07, 6.45) is 0. The molecule has 4 aliphatic rings. The molecule has 0 saturated carbocycles. The predicted octanol–water partition coefficient (Wildman–Crippen LogP) is 32.9. The van der Waals surface area contributed by atoms with Crippen molar-refractivity contribution >= 4 is 64.6 Å². The quantitative estimate of drug-likeness (QED) is 0.133. The lowest BCUT2D eigenvalue weighted by Crippen LogP contribution is -2.14. The van der Waals surface area contributed by atoms with Crippen LogP contribution in [-0.4, -0.2) is 0 Å². The van der Waals surface area contributed by atoms with E-state index in [4.69, 9.17) is 0 Å². The molecule has 24 rings (SSSR count). The molecular weight excluding hydrogens is 1440 g/mol. The van der Waals surface area contributed by atoms with Crippen molar-refractivity contribution in [2.24, 2.45) is 0 Å². The van der Waals surface area contributed by atoms with Gasteiger partial charge in [-0.25, -0.2) is 0 Å². The minimum absolute atomic E-state index is 0.0386. The summed E-state index contributed by atoms with van der Waals surface area (Å²) in [5.41, 5.74) is 41.8. The largest absolute Gasteiger partial charge is 0.0619 e. The van der Waals surface area contributed by atoms with Crippen molar-refractivity contribution in [3.63, 3.8) is 0 Å². The summed E-state index contributed by atoms with van der Waals surface area (Å²) in [7, 11) is 0. The molecule has 20 aromatic rings. The summed E-state index contributed by atoms with van der Waals surface area (Å²) in [5, 5.41) is 15.2. The summed E-state index contributed by atoms with van der Waals surface area (Å²) in [6.45, 7) is 19.0. The van der Waals surface area contributed by atoms with Gasteiger partial charge in [0.25, 0.3) is 0 Å². The molecule has 0 aromatic heterocycles. The van der Waals surface area contributed by atoms with E-state index in [-0.39, 0.29) is 21.7 Å². The van der Waals surface area contributed by atoms with Crippen molar-refractivity contribution in [2.75, 3.05) is 0 Å². The molecule has 120 heavy (non-hydrogen) atoms. The van der Waals surface area contributed by atoms with Gasteiger partial charge in [-0.05, 0) is 273 Å². The van der Waals surface area contributed by atoms with E-state index in [2.05, 4.69) is 444 Å². The van der Waals surface area contributed by atoms with Crippen molar-refractivity contribution in [3.8, 4) is 134 Å². The van der Waals surface area contributed by atoms with Gasteiger partial charge in [-0.15, -0.1) is 0 Å². The van der Waals surface area contributed by atoms with E-state index < -0.39 is 0 Å². The molecule has 0 aliphatic heterocycles. The van der Waals surface area contributed by atoms with E-state index >= 15 is 0 Å². The molecule has 0 atom stereocenters. The van der Waals surface area contributed by atoms with Crippen molar-refractivity contribution < 1.29 is 0 Å². The van der Waals surface area contributed by atoms with Gasteiger partial charge >= 0.3 is 0 Å². The molecule has 0 nitrogen and oxygen atoms in total. The Balaban J connectivity index is 0.000000140. The number of hydrogen-bond donors (Lipinski definition) is 0. The Hall–Kier alpha value is -14.0. The minimum Gasteiger partial charge on any atom is -0.0619 e. The zero-order chi connectivity index (χ0) is 80.7. The molecule has 0 fully saturated rings. The van der Waals surface area contributed by atoms with Gasteiger partial charge in [-0.3, -0.25) is 0 Å². The Morgan fingerprint density at radius 1 is 0.125 bits per heavy atom. The van der Waals surface area contributed by atoms with Crippen LogP contribution in [-0.2, 0) is 21.7 Å². The van der Waals surface area contributed by atoms with E-state index in [0.717, 1.165) is 0 Å². The third-order valence-electron chi connectivity index (χ3n) is 28.2. The third-order valence-corrected chi connectivity index (χ3v) is 28.2. The first-order chi connectivity index (χ1) is 58.6. The van der Waals surface area contributed by atoms with Gasteiger partial charge in [0.1, 0.15) is 0 Å². The van der Waals surface area contributed by atoms with Gasteiger partial charge < -0.3 is 0 Å². The molecule has 0 unspecified atom stereocenters. The molecule has 0 radical (unpaired) electrons. The van der Waals surface area contributed by atoms with Crippen LogP contribution in [0.15, 0.2) is 388 Å². The van der Waals surface area contributed by atoms with E-state index in [0.29, 0.717) is 0 Å². The highest BCUT2D eigenvalue weighted by Gasteiger charge is 2.41. The first-order valence-corrected chi connectivity index (χ1v) is 42.7. The Bertz CT molecular complexity index is 7750. The van der Waals surface area contributed by atoms with E-state index in [9.17, 15) is 0 Å². The maximum absolute atomic E-state index is 2.48. The SMILES string of the molecule is CC1(C)c2ccccc2-c2ccc(-c3ccc(-c4c5ccccc5c(-c5cccc6c5-c5ccccc5C6(C)C)c5cc(-c6cccc7ccccc67)ccc45)cc3)cc21.CC1(C)c2ccccc2-c2ccc(-c3cccc(-c4c5ccccc5c(-c5cccc6c5-c5ccccc5C6(C)C)c5cc(-c6cccc7ccccc67)ccc45)c3)cc21. The highest BCUT2D eigenvalue weighted by molar-refractivity contribution is 6.26. The Morgan fingerprint density at radius 2 is 0.400 bits per heavy atom. The lowest BCUT2D eigenvalue weighted by atomic mass is 9.80. The second-order valence-corrected chi connectivity index (χ2v) is 36.0. The van der Waals surface area contributed by atoms with Crippen LogP contribution in [0, 0.1) is 0 Å². The third kappa shape index (κ3) is 10.6. The van der Waals surface area contributed by atoms with Crippen LogP contribution in [0.2, 0.25) is 0 Å². The number of fused-ring (bicyclic) bond motifs is 18. The average molecular weight is 1530 g/mol. The number of rotatable bonds is 8. The van der Waals surface area contributed by atoms with Crippen LogP contribution in [0.5, 0.6) is 0 Å². The lowest BCUT2D eigenvalue weighted by Gasteiger charge is -2.23. The van der Waals surface area contributed by atoms with Crippen LogP contribution in [0.25, 0.3) is 198 Å². The zero-order valence-electron chi connectivity index (χ0n) is 69.0. The average Bonchev–Trinajstić information content (AvgIpc) is 1.43. The molecule has 0 amide bonds. The smallest absolute Gasteiger partial charge is 0.0159 e. The summed E-state index contributed by atoms with van der Waals surface area (Å²) < 4.78 is 0. The summed E-state index contributed by atoms with van der Waals surface area (Å²) in [5.74, 6) is 0. The maximum Gasteiger partial charge on any atom is 0.0159 e. The number of benzene rings is 20. The van der Waals surface area contributed by atoms with Crippen molar-refractivity contribution in [1.82, 2.24) is 0 Å². The van der Waals surface area contributed by atoms with Gasteiger partial charge in [0.2, 0.25) is 0 Å². The maximum atomic E-state index is 2.48. The van der Waals surface area contributed by atoms with Crippen LogP contribution in [0.4, 0.5) is 0 Å². The molecule has 0 spiro atoms. The van der Waals surface area contributed by atoms with Gasteiger partial charge in [0.15, 0.2) is 0 Å². The molecule has 0 heterocycles. The fraction of sp³-hybridized carbons (Fsp3) is 0.100. The fourth-order valence-corrected chi connectivity index (χ4v) is 22.2. The molecule has 0 saturated heterocycles. The monoisotopic (exact) mass is 1530 g/mol. The van der Waals surface area contributed by atoms with Crippen LogP contribution >= 0.6 is 0 Å². The summed E-state index contributed by atoms with van der Waals surface area (Å²) in [6, 6.07) is 146. The molecule has 4 aliphatic carbocycles. The zero-order valence-corrected chi connectivity index (χ0v) is 69.0. The molecule has 0 heteroatoms. The molecular formula is C120H88. The van der Waals surface area contributed by atoms with E-state index in [1.54, 1.807) is 0 Å². The summed E-state index contributed by atoms with van der Waals surface area (Å²) >= 11 is 0. The van der Waals surface area contributed by atoms with Crippen molar-refractivity contribution in [1.29, 1.82) is 0 Å². The number of hydrogen-bond acceptors (Lipinski definition) is 0. The fourth-order valence-electron chi connectivity index (χ4n) is 22.2. The molecule has 0 N–H and O–H groups in total. The second kappa shape index (κ2) is 26.7. The molecule has 0 bridgehead atoms. The standard InChI is InChI=1S/2C60H44/c1-59(2)53-28-12-10-24-49(53)58-50(26-15-29-54(58)59)57-47-23-8-7-22-46(47)56(48-33-31-40(35-51(48)57)43-25-14-17-37-16-5-6-20-42(37)43)41-19-13-18-38(34-41)39-30-32-45-44-21-9-11-27-52(44)60(3,4)55(45)36-39;1-59(2)53-25-12-10-21-49(53)58-50(23-14-26-54(58)59)57-47-20-8-7-19-46(47)56(48-34-32-41(35-51(48)57)43-22-13-16-38-15-5-6-17-42(38)43)39-29-27-37(28-30-39)40-31-33-45-44-18-9-11-24-52(44)60(3,4)55(45)36-40/h2*5-36H,1-4H3. The second-order valence-electron chi connectivity index (χ2n) is 36.0. The lowest BCUT2D eigenvalue weighted by molar-refractivity contribution is 0.660. The van der Waals surface area contributed by atoms with Crippen molar-refractivity contribution in [2.45, 2.75) is 77.0 Å². The normalized spacial score (nSPS) is 14.3. The minimum atomic E-state index is -0.0996. The highest BCUT2D eigenvalue weighted by Crippen LogP contribution is 2.59. The van der Waals surface area contributed by atoms with Gasteiger partial charge in [-0.1, -0.05) is 413 Å². The molecule has 20 aromatic carbocycles. The summed E-state index contributed by atoms with van der Waals surface area (Å²) in [4.78, 5) is 0. The first kappa shape index (κ1) is 71.3. The van der Waals surface area contributed by atoms with Crippen molar-refractivity contribution in [3.05, 3.63) is 433 Å². The van der Waals surface area contributed by atoms with Gasteiger partial charge in [0.05, 0.1) is 0 Å². The predicted molar refractivity (Wildman–Crippen MR) is 512 cm³/mol. The topological polar surface area (TPSA) is 0 Å². The molecule has 568 valence electrons. The first-order valence-electron chi connectivity index (χ1n) is 42.7.